The third kappa shape index (κ3) is 4.39. The molecule has 1 N–H and O–H groups in total. The fourth-order valence-corrected chi connectivity index (χ4v) is 5.13. The van der Waals surface area contributed by atoms with Gasteiger partial charge in [0.1, 0.15) is 5.82 Å². The van der Waals surface area contributed by atoms with Gasteiger partial charge in [-0.15, -0.1) is 0 Å². The summed E-state index contributed by atoms with van der Waals surface area (Å²) in [4.78, 5) is 12.4. The van der Waals surface area contributed by atoms with Crippen LogP contribution >= 0.6 is 15.9 Å². The first-order valence-corrected chi connectivity index (χ1v) is 10.9. The number of piperidine rings is 1. The second-order valence-corrected chi connectivity index (χ2v) is 9.37. The number of nitrogens with zero attached hydrogens (tertiary/aromatic N) is 1. The molecule has 1 aliphatic heterocycles. The van der Waals surface area contributed by atoms with Crippen LogP contribution in [0.3, 0.4) is 0 Å². The number of rotatable bonds is 4. The van der Waals surface area contributed by atoms with E-state index in [4.69, 9.17) is 0 Å². The van der Waals surface area contributed by atoms with Crippen molar-refractivity contribution in [2.24, 2.45) is 0 Å². The van der Waals surface area contributed by atoms with Crippen LogP contribution in [0, 0.1) is 5.82 Å². The van der Waals surface area contributed by atoms with Crippen molar-refractivity contribution in [2.45, 2.75) is 37.1 Å². The standard InChI is InChI=1S/C19H20BrFN2O3S/c1-13-4-2-3-11-23(13)27(25,26)16-9-10-18(21)17(12-16)19(24)22-15-7-5-14(20)6-8-15/h5-10,12-13H,2-4,11H2,1H3,(H,22,24). The Morgan fingerprint density at radius 3 is 2.56 bits per heavy atom. The van der Waals surface area contributed by atoms with Crippen molar-refractivity contribution in [1.82, 2.24) is 4.31 Å². The van der Waals surface area contributed by atoms with E-state index < -0.39 is 21.7 Å². The molecule has 1 atom stereocenters. The summed E-state index contributed by atoms with van der Waals surface area (Å²) in [7, 11) is -3.78. The Bertz CT molecular complexity index is 948. The van der Waals surface area contributed by atoms with Crippen LogP contribution in [-0.4, -0.2) is 31.2 Å². The number of benzene rings is 2. The zero-order valence-corrected chi connectivity index (χ0v) is 17.2. The second-order valence-electron chi connectivity index (χ2n) is 6.56. The first-order chi connectivity index (χ1) is 12.8. The molecular formula is C19H20BrFN2O3S. The lowest BCUT2D eigenvalue weighted by atomic mass is 10.1. The fourth-order valence-electron chi connectivity index (χ4n) is 3.13. The summed E-state index contributed by atoms with van der Waals surface area (Å²) in [5.41, 5.74) is 0.184. The molecule has 0 aromatic heterocycles. The molecule has 0 bridgehead atoms. The van der Waals surface area contributed by atoms with Crippen LogP contribution in [0.2, 0.25) is 0 Å². The number of anilines is 1. The highest BCUT2D eigenvalue weighted by atomic mass is 79.9. The van der Waals surface area contributed by atoms with Crippen molar-refractivity contribution in [3.63, 3.8) is 0 Å². The van der Waals surface area contributed by atoms with Crippen molar-refractivity contribution >= 4 is 37.5 Å². The Morgan fingerprint density at radius 2 is 1.89 bits per heavy atom. The number of nitrogens with one attached hydrogen (secondary N) is 1. The van der Waals surface area contributed by atoms with Gasteiger partial charge in [-0.05, 0) is 62.2 Å². The minimum Gasteiger partial charge on any atom is -0.322 e. The molecule has 0 saturated carbocycles. The summed E-state index contributed by atoms with van der Waals surface area (Å²) in [6.45, 7) is 2.29. The molecule has 1 amide bonds. The molecule has 5 nitrogen and oxygen atoms in total. The second kappa shape index (κ2) is 8.08. The van der Waals surface area contributed by atoms with Gasteiger partial charge in [-0.2, -0.15) is 4.31 Å². The predicted molar refractivity (Wildman–Crippen MR) is 106 cm³/mol. The van der Waals surface area contributed by atoms with Crippen molar-refractivity contribution < 1.29 is 17.6 Å². The van der Waals surface area contributed by atoms with Crippen molar-refractivity contribution in [1.29, 1.82) is 0 Å². The third-order valence-corrected chi connectivity index (χ3v) is 7.17. The minimum atomic E-state index is -3.78. The lowest BCUT2D eigenvalue weighted by Crippen LogP contribution is -2.42. The number of hydrogen-bond acceptors (Lipinski definition) is 3. The van der Waals surface area contributed by atoms with E-state index in [1.54, 1.807) is 24.3 Å². The molecule has 1 aliphatic rings. The first-order valence-electron chi connectivity index (χ1n) is 8.67. The van der Waals surface area contributed by atoms with Gasteiger partial charge in [-0.25, -0.2) is 12.8 Å². The van der Waals surface area contributed by atoms with E-state index in [-0.39, 0.29) is 16.5 Å². The third-order valence-electron chi connectivity index (χ3n) is 4.63. The molecule has 1 heterocycles. The van der Waals surface area contributed by atoms with Crippen LogP contribution in [0.4, 0.5) is 10.1 Å². The van der Waals surface area contributed by atoms with E-state index in [9.17, 15) is 17.6 Å². The molecule has 3 rings (SSSR count). The zero-order valence-electron chi connectivity index (χ0n) is 14.8. The molecule has 1 unspecified atom stereocenters. The van der Waals surface area contributed by atoms with E-state index >= 15 is 0 Å². The van der Waals surface area contributed by atoms with E-state index in [0.29, 0.717) is 12.2 Å². The van der Waals surface area contributed by atoms with Gasteiger partial charge in [0.25, 0.3) is 5.91 Å². The van der Waals surface area contributed by atoms with E-state index in [0.717, 1.165) is 35.9 Å². The maximum atomic E-state index is 14.2. The molecule has 0 aliphatic carbocycles. The smallest absolute Gasteiger partial charge is 0.258 e. The van der Waals surface area contributed by atoms with Gasteiger partial charge in [-0.3, -0.25) is 4.79 Å². The Balaban J connectivity index is 1.89. The monoisotopic (exact) mass is 454 g/mol. The Morgan fingerprint density at radius 1 is 1.19 bits per heavy atom. The van der Waals surface area contributed by atoms with Crippen LogP contribution in [-0.2, 0) is 10.0 Å². The average Bonchev–Trinajstić information content (AvgIpc) is 2.64. The maximum absolute atomic E-state index is 14.2. The van der Waals surface area contributed by atoms with Crippen molar-refractivity contribution in [3.05, 3.63) is 58.3 Å². The molecule has 0 radical (unpaired) electrons. The molecule has 27 heavy (non-hydrogen) atoms. The van der Waals surface area contributed by atoms with Crippen LogP contribution < -0.4 is 5.32 Å². The summed E-state index contributed by atoms with van der Waals surface area (Å²) in [5.74, 6) is -1.46. The summed E-state index contributed by atoms with van der Waals surface area (Å²) in [5, 5.41) is 2.59. The molecule has 0 spiro atoms. The van der Waals surface area contributed by atoms with Crippen molar-refractivity contribution in [3.8, 4) is 0 Å². The zero-order chi connectivity index (χ0) is 19.6. The summed E-state index contributed by atoms with van der Waals surface area (Å²) >= 11 is 3.30. The summed E-state index contributed by atoms with van der Waals surface area (Å²) in [6, 6.07) is 10.0. The average molecular weight is 455 g/mol. The van der Waals surface area contributed by atoms with Gasteiger partial charge >= 0.3 is 0 Å². The number of hydrogen-bond donors (Lipinski definition) is 1. The quantitative estimate of drug-likeness (QED) is 0.743. The molecule has 8 heteroatoms. The number of amides is 1. The molecule has 1 fully saturated rings. The SMILES string of the molecule is CC1CCCCN1S(=O)(=O)c1ccc(F)c(C(=O)Nc2ccc(Br)cc2)c1. The lowest BCUT2D eigenvalue weighted by Gasteiger charge is -2.32. The largest absolute Gasteiger partial charge is 0.322 e. The van der Waals surface area contributed by atoms with Gasteiger partial charge in [-0.1, -0.05) is 22.4 Å². The molecule has 144 valence electrons. The summed E-state index contributed by atoms with van der Waals surface area (Å²) in [6.07, 6.45) is 2.57. The molecule has 2 aromatic rings. The van der Waals surface area contributed by atoms with E-state index in [1.165, 1.54) is 10.4 Å². The molecule has 2 aromatic carbocycles. The Labute approximate surface area is 166 Å². The number of halogens is 2. The Kier molecular flexibility index (Phi) is 5.98. The predicted octanol–water partition coefficient (Wildman–Crippen LogP) is 4.40. The number of carbonyl (C=O) groups is 1. The normalized spacial score (nSPS) is 18.3. The first kappa shape index (κ1) is 20.0. The highest BCUT2D eigenvalue weighted by Gasteiger charge is 2.31. The summed E-state index contributed by atoms with van der Waals surface area (Å²) < 4.78 is 42.4. The van der Waals surface area contributed by atoms with Crippen LogP contribution in [0.1, 0.15) is 36.5 Å². The van der Waals surface area contributed by atoms with Gasteiger partial charge in [0.05, 0.1) is 10.5 Å². The van der Waals surface area contributed by atoms with E-state index in [2.05, 4.69) is 21.2 Å². The highest BCUT2D eigenvalue weighted by molar-refractivity contribution is 9.10. The van der Waals surface area contributed by atoms with Gasteiger partial charge in [0, 0.05) is 22.7 Å². The van der Waals surface area contributed by atoms with Crippen molar-refractivity contribution in [2.75, 3.05) is 11.9 Å². The fraction of sp³-hybridized carbons (Fsp3) is 0.316. The lowest BCUT2D eigenvalue weighted by molar-refractivity contribution is 0.102. The topological polar surface area (TPSA) is 66.5 Å². The highest BCUT2D eigenvalue weighted by Crippen LogP contribution is 2.26. The maximum Gasteiger partial charge on any atom is 0.258 e. The van der Waals surface area contributed by atoms with Crippen LogP contribution in [0.25, 0.3) is 0 Å². The minimum absolute atomic E-state index is 0.0707. The van der Waals surface area contributed by atoms with Crippen LogP contribution in [0.15, 0.2) is 51.8 Å². The van der Waals surface area contributed by atoms with Crippen LogP contribution in [0.5, 0.6) is 0 Å². The Hall–Kier alpha value is -1.77. The number of sulfonamides is 1. The molecular weight excluding hydrogens is 435 g/mol. The number of carbonyl (C=O) groups excluding carboxylic acids is 1. The van der Waals surface area contributed by atoms with Gasteiger partial charge in [0.15, 0.2) is 0 Å². The van der Waals surface area contributed by atoms with Gasteiger partial charge in [0.2, 0.25) is 10.0 Å². The van der Waals surface area contributed by atoms with E-state index in [1.807, 2.05) is 6.92 Å². The molecule has 1 saturated heterocycles. The van der Waals surface area contributed by atoms with Gasteiger partial charge < -0.3 is 5.32 Å².